The van der Waals surface area contributed by atoms with Crippen molar-refractivity contribution in [3.05, 3.63) is 0 Å². The molecule has 1 aliphatic heterocycles. The summed E-state index contributed by atoms with van der Waals surface area (Å²) < 4.78 is 0. The maximum absolute atomic E-state index is 11.2. The maximum atomic E-state index is 11.2. The Morgan fingerprint density at radius 1 is 1.44 bits per heavy atom. The lowest BCUT2D eigenvalue weighted by molar-refractivity contribution is -0.156. The van der Waals surface area contributed by atoms with Crippen molar-refractivity contribution in [2.45, 2.75) is 44.6 Å². The number of carbonyl (C=O) groups is 1. The van der Waals surface area contributed by atoms with Gasteiger partial charge in [0.15, 0.2) is 0 Å². The number of likely N-dealkylation sites (tertiary alicyclic amines) is 1. The molecule has 1 heterocycles. The van der Waals surface area contributed by atoms with Crippen molar-refractivity contribution in [3.8, 4) is 0 Å². The molecule has 1 unspecified atom stereocenters. The molecular weight excluding hydrogens is 206 g/mol. The average Bonchev–Trinajstić information content (AvgIpc) is 2.23. The Kier molecular flexibility index (Phi) is 4.74. The first kappa shape index (κ1) is 13.5. The van der Waals surface area contributed by atoms with Gasteiger partial charge in [-0.05, 0) is 26.3 Å². The van der Waals surface area contributed by atoms with Crippen LogP contribution in [0.3, 0.4) is 0 Å². The lowest BCUT2D eigenvalue weighted by Gasteiger charge is -2.40. The molecule has 0 aromatic carbocycles. The summed E-state index contributed by atoms with van der Waals surface area (Å²) in [5.41, 5.74) is -0.993. The Bertz CT molecular complexity index is 234. The van der Waals surface area contributed by atoms with Crippen LogP contribution in [0.5, 0.6) is 0 Å². The third-order valence-corrected chi connectivity index (χ3v) is 3.65. The van der Waals surface area contributed by atoms with Crippen molar-refractivity contribution in [2.75, 3.05) is 20.1 Å². The van der Waals surface area contributed by atoms with Crippen molar-refractivity contribution in [2.24, 2.45) is 5.92 Å². The van der Waals surface area contributed by atoms with Crippen molar-refractivity contribution < 1.29 is 15.0 Å². The van der Waals surface area contributed by atoms with Gasteiger partial charge in [0.1, 0.15) is 0 Å². The summed E-state index contributed by atoms with van der Waals surface area (Å²) in [6.45, 7) is 3.61. The molecule has 1 rings (SSSR count). The third kappa shape index (κ3) is 3.19. The molecule has 4 heteroatoms. The van der Waals surface area contributed by atoms with E-state index in [0.29, 0.717) is 19.3 Å². The number of rotatable bonds is 5. The Morgan fingerprint density at radius 3 is 2.44 bits per heavy atom. The molecule has 0 aromatic rings. The zero-order chi connectivity index (χ0) is 12.2. The summed E-state index contributed by atoms with van der Waals surface area (Å²) in [5, 5.41) is 19.6. The van der Waals surface area contributed by atoms with Crippen LogP contribution in [0.1, 0.15) is 39.0 Å². The minimum atomic E-state index is -0.993. The van der Waals surface area contributed by atoms with E-state index < -0.39 is 17.5 Å². The summed E-state index contributed by atoms with van der Waals surface area (Å²) in [4.78, 5) is 13.3. The fraction of sp³-hybridized carbons (Fsp3) is 0.917. The second kappa shape index (κ2) is 5.64. The number of hydrogen-bond donors (Lipinski definition) is 2. The Balaban J connectivity index is 2.65. The molecule has 1 saturated heterocycles. The highest BCUT2D eigenvalue weighted by Gasteiger charge is 2.42. The molecule has 0 radical (unpaired) electrons. The number of unbranched alkanes of at least 4 members (excludes halogenated alkanes) is 1. The molecule has 0 bridgehead atoms. The van der Waals surface area contributed by atoms with Crippen LogP contribution in [0.15, 0.2) is 0 Å². The molecular formula is C12H23NO3. The zero-order valence-corrected chi connectivity index (χ0v) is 10.3. The van der Waals surface area contributed by atoms with Gasteiger partial charge in [-0.2, -0.15) is 0 Å². The highest BCUT2D eigenvalue weighted by Crippen LogP contribution is 2.32. The summed E-state index contributed by atoms with van der Waals surface area (Å²) in [6, 6.07) is 0. The van der Waals surface area contributed by atoms with E-state index >= 15 is 0 Å². The second-order valence-corrected chi connectivity index (χ2v) is 4.94. The van der Waals surface area contributed by atoms with E-state index in [1.807, 2.05) is 14.0 Å². The highest BCUT2D eigenvalue weighted by molar-refractivity contribution is 5.71. The molecule has 4 nitrogen and oxygen atoms in total. The van der Waals surface area contributed by atoms with E-state index in [4.69, 9.17) is 0 Å². The van der Waals surface area contributed by atoms with Crippen molar-refractivity contribution >= 4 is 5.97 Å². The van der Waals surface area contributed by atoms with Gasteiger partial charge in [0.25, 0.3) is 0 Å². The first-order chi connectivity index (χ1) is 7.49. The van der Waals surface area contributed by atoms with Gasteiger partial charge in [-0.15, -0.1) is 0 Å². The number of carboxylic acid groups (broad SMARTS) is 1. The van der Waals surface area contributed by atoms with Crippen LogP contribution in [0.25, 0.3) is 0 Å². The molecule has 1 fully saturated rings. The van der Waals surface area contributed by atoms with Gasteiger partial charge in [0.05, 0.1) is 11.5 Å². The van der Waals surface area contributed by atoms with Gasteiger partial charge in [-0.3, -0.25) is 4.79 Å². The molecule has 94 valence electrons. The fourth-order valence-corrected chi connectivity index (χ4v) is 2.38. The topological polar surface area (TPSA) is 60.8 Å². The van der Waals surface area contributed by atoms with E-state index in [1.54, 1.807) is 0 Å². The number of nitrogens with zero attached hydrogens (tertiary/aromatic N) is 1. The highest BCUT2D eigenvalue weighted by atomic mass is 16.4. The van der Waals surface area contributed by atoms with Crippen LogP contribution < -0.4 is 0 Å². The van der Waals surface area contributed by atoms with Crippen LogP contribution in [-0.2, 0) is 4.79 Å². The van der Waals surface area contributed by atoms with Gasteiger partial charge < -0.3 is 15.1 Å². The summed E-state index contributed by atoms with van der Waals surface area (Å²) >= 11 is 0. The number of hydrogen-bond acceptors (Lipinski definition) is 3. The van der Waals surface area contributed by atoms with E-state index in [0.717, 1.165) is 25.9 Å². The summed E-state index contributed by atoms with van der Waals surface area (Å²) in [5.74, 6) is -1.44. The van der Waals surface area contributed by atoms with Gasteiger partial charge in [-0.25, -0.2) is 0 Å². The lowest BCUT2D eigenvalue weighted by Crippen LogP contribution is -2.50. The second-order valence-electron chi connectivity index (χ2n) is 4.94. The largest absolute Gasteiger partial charge is 0.481 e. The summed E-state index contributed by atoms with van der Waals surface area (Å²) in [7, 11) is 2.00. The van der Waals surface area contributed by atoms with Crippen LogP contribution >= 0.6 is 0 Å². The van der Waals surface area contributed by atoms with Crippen molar-refractivity contribution in [1.29, 1.82) is 0 Å². The van der Waals surface area contributed by atoms with E-state index in [9.17, 15) is 15.0 Å². The third-order valence-electron chi connectivity index (χ3n) is 3.65. The zero-order valence-electron chi connectivity index (χ0n) is 10.3. The number of aliphatic hydroxyl groups is 1. The first-order valence-electron chi connectivity index (χ1n) is 6.13. The van der Waals surface area contributed by atoms with Crippen molar-refractivity contribution in [1.82, 2.24) is 4.90 Å². The standard InChI is InChI=1S/C12H23NO3/c1-3-4-5-10(11(14)15)12(16)6-8-13(2)9-7-12/h10,16H,3-9H2,1-2H3,(H,14,15). The molecule has 0 spiro atoms. The molecule has 0 saturated carbocycles. The Morgan fingerprint density at radius 2 is 2.00 bits per heavy atom. The molecule has 2 N–H and O–H groups in total. The molecule has 0 aliphatic carbocycles. The number of piperidine rings is 1. The normalized spacial score (nSPS) is 22.9. The number of aliphatic carboxylic acids is 1. The smallest absolute Gasteiger partial charge is 0.309 e. The summed E-state index contributed by atoms with van der Waals surface area (Å²) in [6.07, 6.45) is 3.58. The average molecular weight is 229 g/mol. The van der Waals surface area contributed by atoms with Gasteiger partial charge in [0.2, 0.25) is 0 Å². The Hall–Kier alpha value is -0.610. The van der Waals surface area contributed by atoms with Crippen LogP contribution in [0.2, 0.25) is 0 Å². The SMILES string of the molecule is CCCCC(C(=O)O)C1(O)CCN(C)CC1. The first-order valence-corrected chi connectivity index (χ1v) is 6.13. The van der Waals surface area contributed by atoms with E-state index in [-0.39, 0.29) is 0 Å². The fourth-order valence-electron chi connectivity index (χ4n) is 2.38. The van der Waals surface area contributed by atoms with Gasteiger partial charge in [0, 0.05) is 13.1 Å². The predicted molar refractivity (Wildman–Crippen MR) is 62.3 cm³/mol. The van der Waals surface area contributed by atoms with E-state index in [1.165, 1.54) is 0 Å². The van der Waals surface area contributed by atoms with E-state index in [2.05, 4.69) is 4.90 Å². The van der Waals surface area contributed by atoms with Gasteiger partial charge >= 0.3 is 5.97 Å². The molecule has 0 amide bonds. The quantitative estimate of drug-likeness (QED) is 0.746. The maximum Gasteiger partial charge on any atom is 0.309 e. The minimum Gasteiger partial charge on any atom is -0.481 e. The van der Waals surface area contributed by atoms with Gasteiger partial charge in [-0.1, -0.05) is 19.8 Å². The predicted octanol–water partition coefficient (Wildman–Crippen LogP) is 1.33. The van der Waals surface area contributed by atoms with Crippen LogP contribution in [-0.4, -0.2) is 46.8 Å². The lowest BCUT2D eigenvalue weighted by atomic mass is 9.77. The molecule has 1 aliphatic rings. The van der Waals surface area contributed by atoms with Crippen LogP contribution in [0.4, 0.5) is 0 Å². The number of carboxylic acids is 1. The molecule has 0 aromatic heterocycles. The molecule has 16 heavy (non-hydrogen) atoms. The van der Waals surface area contributed by atoms with Crippen LogP contribution in [0, 0.1) is 5.92 Å². The minimum absolute atomic E-state index is 0.574. The van der Waals surface area contributed by atoms with Crippen molar-refractivity contribution in [3.63, 3.8) is 0 Å². The monoisotopic (exact) mass is 229 g/mol. The Labute approximate surface area is 97.3 Å². The molecule has 1 atom stereocenters.